The molecular formula is C9H10N4S. The van der Waals surface area contributed by atoms with E-state index in [1.807, 2.05) is 12.1 Å². The Morgan fingerprint density at radius 3 is 2.86 bits per heavy atom. The summed E-state index contributed by atoms with van der Waals surface area (Å²) in [6.07, 6.45) is 0. The highest BCUT2D eigenvalue weighted by atomic mass is 32.1. The van der Waals surface area contributed by atoms with Crippen molar-refractivity contribution in [1.29, 1.82) is 0 Å². The first-order valence-electron chi connectivity index (χ1n) is 4.30. The fraction of sp³-hybridized carbons (Fsp3) is 0.222. The second-order valence-electron chi connectivity index (χ2n) is 3.10. The number of nitrogens with zero attached hydrogens (tertiary/aromatic N) is 3. The lowest BCUT2D eigenvalue weighted by Gasteiger charge is -2.04. The van der Waals surface area contributed by atoms with Gasteiger partial charge in [-0.1, -0.05) is 34.6 Å². The van der Waals surface area contributed by atoms with Gasteiger partial charge in [0.2, 0.25) is 4.77 Å². The fourth-order valence-electron chi connectivity index (χ4n) is 1.28. The van der Waals surface area contributed by atoms with E-state index in [0.717, 1.165) is 0 Å². The van der Waals surface area contributed by atoms with E-state index in [9.17, 15) is 0 Å². The zero-order valence-electron chi connectivity index (χ0n) is 7.77. The highest BCUT2D eigenvalue weighted by Gasteiger charge is 1.99. The predicted molar refractivity (Wildman–Crippen MR) is 55.5 cm³/mol. The summed E-state index contributed by atoms with van der Waals surface area (Å²) in [4.78, 5) is 0. The molecule has 0 aliphatic carbocycles. The molecule has 0 spiro atoms. The number of tetrazole rings is 1. The summed E-state index contributed by atoms with van der Waals surface area (Å²) < 4.78 is 2.21. The molecule has 1 aromatic heterocycles. The van der Waals surface area contributed by atoms with Crippen LogP contribution in [0.4, 0.5) is 0 Å². The SMILES string of the molecule is Cc1ccccc1Cn1[nH]nnc1=S. The highest BCUT2D eigenvalue weighted by molar-refractivity contribution is 7.71. The normalized spacial score (nSPS) is 10.4. The quantitative estimate of drug-likeness (QED) is 0.761. The van der Waals surface area contributed by atoms with Crippen molar-refractivity contribution in [1.82, 2.24) is 20.2 Å². The zero-order chi connectivity index (χ0) is 9.97. The van der Waals surface area contributed by atoms with Crippen molar-refractivity contribution in [3.8, 4) is 0 Å². The fourth-order valence-corrected chi connectivity index (χ4v) is 1.42. The van der Waals surface area contributed by atoms with Crippen LogP contribution in [0.2, 0.25) is 0 Å². The third kappa shape index (κ3) is 1.72. The van der Waals surface area contributed by atoms with Gasteiger partial charge in [0.1, 0.15) is 0 Å². The lowest BCUT2D eigenvalue weighted by atomic mass is 10.1. The van der Waals surface area contributed by atoms with Crippen molar-refractivity contribution in [2.24, 2.45) is 0 Å². The monoisotopic (exact) mass is 206 g/mol. The first kappa shape index (κ1) is 9.08. The maximum absolute atomic E-state index is 4.99. The number of nitrogens with one attached hydrogen (secondary N) is 1. The Bertz CT molecular complexity index is 485. The molecule has 0 atom stereocenters. The van der Waals surface area contributed by atoms with Gasteiger partial charge in [0.05, 0.1) is 6.54 Å². The molecule has 4 nitrogen and oxygen atoms in total. The van der Waals surface area contributed by atoms with Crippen molar-refractivity contribution in [3.63, 3.8) is 0 Å². The van der Waals surface area contributed by atoms with Crippen LogP contribution < -0.4 is 0 Å². The van der Waals surface area contributed by atoms with E-state index in [4.69, 9.17) is 12.2 Å². The number of hydrogen-bond donors (Lipinski definition) is 1. The molecule has 5 heteroatoms. The highest BCUT2D eigenvalue weighted by Crippen LogP contribution is 2.07. The minimum absolute atomic E-state index is 0.480. The van der Waals surface area contributed by atoms with E-state index in [1.54, 1.807) is 4.68 Å². The van der Waals surface area contributed by atoms with Crippen LogP contribution in [0.5, 0.6) is 0 Å². The van der Waals surface area contributed by atoms with Gasteiger partial charge in [0, 0.05) is 0 Å². The van der Waals surface area contributed by atoms with Crippen molar-refractivity contribution in [2.75, 3.05) is 0 Å². The minimum Gasteiger partial charge on any atom is -0.238 e. The van der Waals surface area contributed by atoms with Crippen LogP contribution in [-0.4, -0.2) is 20.2 Å². The molecule has 2 rings (SSSR count). The smallest absolute Gasteiger partial charge is 0.238 e. The van der Waals surface area contributed by atoms with E-state index in [-0.39, 0.29) is 0 Å². The molecule has 0 aliphatic rings. The van der Waals surface area contributed by atoms with Gasteiger partial charge in [-0.25, -0.2) is 4.68 Å². The van der Waals surface area contributed by atoms with Crippen LogP contribution in [0.25, 0.3) is 0 Å². The van der Waals surface area contributed by atoms with E-state index < -0.39 is 0 Å². The summed E-state index contributed by atoms with van der Waals surface area (Å²) in [5.41, 5.74) is 2.46. The third-order valence-corrected chi connectivity index (χ3v) is 2.42. The Hall–Kier alpha value is -1.49. The molecule has 14 heavy (non-hydrogen) atoms. The maximum Gasteiger partial charge on any atom is 0.238 e. The third-order valence-electron chi connectivity index (χ3n) is 2.12. The van der Waals surface area contributed by atoms with Crippen LogP contribution in [0, 0.1) is 11.7 Å². The number of rotatable bonds is 2. The van der Waals surface area contributed by atoms with E-state index in [0.29, 0.717) is 11.3 Å². The summed E-state index contributed by atoms with van der Waals surface area (Å²) in [5.74, 6) is 0. The van der Waals surface area contributed by atoms with Gasteiger partial charge in [-0.15, -0.1) is 0 Å². The number of aryl methyl sites for hydroxylation is 1. The van der Waals surface area contributed by atoms with Gasteiger partial charge in [-0.05, 0) is 30.3 Å². The molecule has 2 aromatic rings. The first-order chi connectivity index (χ1) is 6.77. The summed E-state index contributed by atoms with van der Waals surface area (Å²) in [5, 5.41) is 10.1. The van der Waals surface area contributed by atoms with Crippen LogP contribution in [0.15, 0.2) is 24.3 Å². The predicted octanol–water partition coefficient (Wildman–Crippen LogP) is 1.69. The second-order valence-corrected chi connectivity index (χ2v) is 3.46. The lowest BCUT2D eigenvalue weighted by Crippen LogP contribution is -2.03. The topological polar surface area (TPSA) is 46.5 Å². The molecule has 1 aromatic carbocycles. The van der Waals surface area contributed by atoms with Gasteiger partial charge < -0.3 is 0 Å². The molecule has 72 valence electrons. The van der Waals surface area contributed by atoms with Crippen LogP contribution in [-0.2, 0) is 6.54 Å². The summed E-state index contributed by atoms with van der Waals surface area (Å²) in [7, 11) is 0. The molecule has 0 saturated carbocycles. The van der Waals surface area contributed by atoms with Gasteiger partial charge in [-0.3, -0.25) is 0 Å². The molecule has 1 heterocycles. The second kappa shape index (κ2) is 3.71. The maximum atomic E-state index is 4.99. The summed E-state index contributed by atoms with van der Waals surface area (Å²) >= 11 is 4.99. The average molecular weight is 206 g/mol. The van der Waals surface area contributed by atoms with Gasteiger partial charge >= 0.3 is 0 Å². The van der Waals surface area contributed by atoms with E-state index in [2.05, 4.69) is 34.6 Å². The summed E-state index contributed by atoms with van der Waals surface area (Å²) in [6.45, 7) is 2.77. The average Bonchev–Trinajstić information content (AvgIpc) is 2.56. The van der Waals surface area contributed by atoms with Crippen molar-refractivity contribution in [3.05, 3.63) is 40.2 Å². The van der Waals surface area contributed by atoms with E-state index in [1.165, 1.54) is 11.1 Å². The molecule has 0 amide bonds. The molecule has 0 unspecified atom stereocenters. The minimum atomic E-state index is 0.480. The Morgan fingerprint density at radius 1 is 1.43 bits per heavy atom. The number of H-pyrrole nitrogens is 1. The van der Waals surface area contributed by atoms with Gasteiger partial charge in [0.25, 0.3) is 0 Å². The molecule has 0 aliphatic heterocycles. The Labute approximate surface area is 86.6 Å². The molecule has 0 bridgehead atoms. The Morgan fingerprint density at radius 2 is 2.21 bits per heavy atom. The van der Waals surface area contributed by atoms with Gasteiger partial charge in [-0.2, -0.15) is 5.21 Å². The number of hydrogen-bond acceptors (Lipinski definition) is 3. The first-order valence-corrected chi connectivity index (χ1v) is 4.70. The largest absolute Gasteiger partial charge is 0.238 e. The van der Waals surface area contributed by atoms with Crippen LogP contribution in [0.1, 0.15) is 11.1 Å². The van der Waals surface area contributed by atoms with Gasteiger partial charge in [0.15, 0.2) is 0 Å². The standard InChI is InChI=1S/C9H10N4S/c1-7-4-2-3-5-8(7)6-13-9(14)10-11-12-13/h2-5H,6H2,1H3,(H,10,12,14). The van der Waals surface area contributed by atoms with Crippen molar-refractivity contribution >= 4 is 12.2 Å². The van der Waals surface area contributed by atoms with Crippen molar-refractivity contribution < 1.29 is 0 Å². The number of benzene rings is 1. The lowest BCUT2D eigenvalue weighted by molar-refractivity contribution is 0.640. The Kier molecular flexibility index (Phi) is 2.41. The molecule has 0 fully saturated rings. The number of aromatic nitrogens is 4. The van der Waals surface area contributed by atoms with Crippen LogP contribution in [0.3, 0.4) is 0 Å². The zero-order valence-corrected chi connectivity index (χ0v) is 8.58. The molecule has 1 N–H and O–H groups in total. The molecule has 0 radical (unpaired) electrons. The Balaban J connectivity index is 2.32. The molecule has 0 saturated heterocycles. The summed E-state index contributed by atoms with van der Waals surface area (Å²) in [6, 6.07) is 8.17. The van der Waals surface area contributed by atoms with Crippen molar-refractivity contribution in [2.45, 2.75) is 13.5 Å². The molecular weight excluding hydrogens is 196 g/mol. The van der Waals surface area contributed by atoms with E-state index >= 15 is 0 Å². The number of aromatic amines is 1. The van der Waals surface area contributed by atoms with Crippen LogP contribution >= 0.6 is 12.2 Å².